The number of halogens is 1. The lowest BCUT2D eigenvalue weighted by atomic mass is 9.78. The molecule has 3 aliphatic rings. The summed E-state index contributed by atoms with van der Waals surface area (Å²) >= 11 is 1.85. The summed E-state index contributed by atoms with van der Waals surface area (Å²) in [6.45, 7) is 2.54. The summed E-state index contributed by atoms with van der Waals surface area (Å²) in [7, 11) is 0. The Morgan fingerprint density at radius 1 is 1.14 bits per heavy atom. The van der Waals surface area contributed by atoms with E-state index in [1.165, 1.54) is 12.1 Å². The molecule has 152 valence electrons. The lowest BCUT2D eigenvalue weighted by molar-refractivity contribution is -0.137. The van der Waals surface area contributed by atoms with Crippen molar-refractivity contribution in [3.05, 3.63) is 58.4 Å². The largest absolute Gasteiger partial charge is 0.353 e. The molecule has 0 spiro atoms. The minimum atomic E-state index is -0.535. The molecule has 2 aromatic heterocycles. The van der Waals surface area contributed by atoms with Crippen LogP contribution in [0.1, 0.15) is 24.1 Å². The fraction of sp³-hybridized carbons (Fsp3) is 0.476. The van der Waals surface area contributed by atoms with Gasteiger partial charge in [0.05, 0.1) is 0 Å². The standard InChI is InChI=1S/C21H23FN4O2S/c22-16-3-2-6-23-20(16)25-12-14-11-15(13-25)19(21(28)24-7-9-29-10-8-24)26-17(14)4-1-5-18(26)27/h1-6,14-15,19H,7-13H2/t14-,15+,19-/m1/s1. The van der Waals surface area contributed by atoms with Gasteiger partial charge in [-0.15, -0.1) is 0 Å². The molecule has 2 saturated heterocycles. The van der Waals surface area contributed by atoms with Crippen LogP contribution < -0.4 is 10.5 Å². The van der Waals surface area contributed by atoms with E-state index in [9.17, 15) is 14.0 Å². The van der Waals surface area contributed by atoms with Crippen molar-refractivity contribution < 1.29 is 9.18 Å². The van der Waals surface area contributed by atoms with Gasteiger partial charge in [-0.05, 0) is 24.6 Å². The van der Waals surface area contributed by atoms with E-state index in [-0.39, 0.29) is 29.1 Å². The highest BCUT2D eigenvalue weighted by Crippen LogP contribution is 2.43. The van der Waals surface area contributed by atoms with Crippen molar-refractivity contribution in [3.63, 3.8) is 0 Å². The maximum absolute atomic E-state index is 14.4. The van der Waals surface area contributed by atoms with Crippen LogP contribution in [-0.2, 0) is 4.79 Å². The van der Waals surface area contributed by atoms with Gasteiger partial charge >= 0.3 is 0 Å². The second-order valence-electron chi connectivity index (χ2n) is 7.95. The van der Waals surface area contributed by atoms with Crippen molar-refractivity contribution in [1.29, 1.82) is 0 Å². The molecular formula is C21H23FN4O2S. The SMILES string of the molecule is O=C([C@H]1[C@H]2C[C@H](CN(c3ncccc3F)C2)c2cccc(=O)n21)N1CCSCC1. The van der Waals surface area contributed by atoms with E-state index in [2.05, 4.69) is 4.98 Å². The summed E-state index contributed by atoms with van der Waals surface area (Å²) in [5.74, 6) is 1.87. The van der Waals surface area contributed by atoms with Crippen LogP contribution in [0.4, 0.5) is 10.2 Å². The number of carbonyl (C=O) groups is 1. The fourth-order valence-electron chi connectivity index (χ4n) is 5.01. The molecule has 0 aliphatic carbocycles. The van der Waals surface area contributed by atoms with E-state index in [1.54, 1.807) is 22.9 Å². The van der Waals surface area contributed by atoms with E-state index < -0.39 is 6.04 Å². The average molecular weight is 415 g/mol. The monoisotopic (exact) mass is 414 g/mol. The number of pyridine rings is 2. The first-order valence-electron chi connectivity index (χ1n) is 10.1. The highest BCUT2D eigenvalue weighted by molar-refractivity contribution is 7.99. The van der Waals surface area contributed by atoms with E-state index in [0.717, 1.165) is 23.6 Å². The first-order valence-corrected chi connectivity index (χ1v) is 11.2. The van der Waals surface area contributed by atoms with Crippen molar-refractivity contribution in [2.75, 3.05) is 42.6 Å². The molecule has 8 heteroatoms. The quantitative estimate of drug-likeness (QED) is 0.754. The third kappa shape index (κ3) is 3.23. The summed E-state index contributed by atoms with van der Waals surface area (Å²) in [6.07, 6.45) is 2.42. The molecule has 1 amide bonds. The van der Waals surface area contributed by atoms with Gasteiger partial charge in [0.25, 0.3) is 5.56 Å². The molecule has 2 bridgehead atoms. The molecule has 0 saturated carbocycles. The van der Waals surface area contributed by atoms with Crippen LogP contribution in [0.25, 0.3) is 0 Å². The van der Waals surface area contributed by atoms with Crippen molar-refractivity contribution in [1.82, 2.24) is 14.5 Å². The predicted molar refractivity (Wildman–Crippen MR) is 111 cm³/mol. The van der Waals surface area contributed by atoms with Gasteiger partial charge in [0.15, 0.2) is 11.6 Å². The van der Waals surface area contributed by atoms with E-state index in [0.29, 0.717) is 32.0 Å². The number of rotatable bonds is 2. The number of thioether (sulfide) groups is 1. The summed E-state index contributed by atoms with van der Waals surface area (Å²) in [6, 6.07) is 7.69. The number of amides is 1. The van der Waals surface area contributed by atoms with Crippen LogP contribution in [0.5, 0.6) is 0 Å². The van der Waals surface area contributed by atoms with Crippen LogP contribution in [0, 0.1) is 11.7 Å². The summed E-state index contributed by atoms with van der Waals surface area (Å²) in [5.41, 5.74) is 0.749. The summed E-state index contributed by atoms with van der Waals surface area (Å²) in [5, 5.41) is 0. The van der Waals surface area contributed by atoms with Crippen molar-refractivity contribution >= 4 is 23.5 Å². The Morgan fingerprint density at radius 2 is 1.97 bits per heavy atom. The Kier molecular flexibility index (Phi) is 4.81. The van der Waals surface area contributed by atoms with Crippen LogP contribution in [0.2, 0.25) is 0 Å². The fourth-order valence-corrected chi connectivity index (χ4v) is 5.91. The van der Waals surface area contributed by atoms with Gasteiger partial charge < -0.3 is 9.80 Å². The van der Waals surface area contributed by atoms with E-state index in [4.69, 9.17) is 0 Å². The second-order valence-corrected chi connectivity index (χ2v) is 9.17. The molecule has 0 unspecified atom stereocenters. The first-order chi connectivity index (χ1) is 14.1. The molecular weight excluding hydrogens is 391 g/mol. The summed E-state index contributed by atoms with van der Waals surface area (Å²) < 4.78 is 16.1. The minimum Gasteiger partial charge on any atom is -0.353 e. The highest BCUT2D eigenvalue weighted by atomic mass is 32.2. The molecule has 3 aliphatic heterocycles. The van der Waals surface area contributed by atoms with Gasteiger partial charge in [0.2, 0.25) is 5.91 Å². The second kappa shape index (κ2) is 7.48. The predicted octanol–water partition coefficient (Wildman–Crippen LogP) is 2.12. The average Bonchev–Trinajstić information content (AvgIpc) is 2.75. The Bertz CT molecular complexity index is 991. The van der Waals surface area contributed by atoms with Crippen molar-refractivity contribution in [3.8, 4) is 0 Å². The van der Waals surface area contributed by atoms with Crippen LogP contribution in [-0.4, -0.2) is 58.0 Å². The molecule has 2 fully saturated rings. The lowest BCUT2D eigenvalue weighted by Gasteiger charge is -2.47. The molecule has 2 aromatic rings. The van der Waals surface area contributed by atoms with Gasteiger partial charge in [-0.1, -0.05) is 6.07 Å². The molecule has 0 N–H and O–H groups in total. The number of aromatic nitrogens is 2. The molecule has 3 atom stereocenters. The zero-order valence-corrected chi connectivity index (χ0v) is 16.9. The molecule has 5 rings (SSSR count). The maximum Gasteiger partial charge on any atom is 0.251 e. The molecule has 0 aromatic carbocycles. The first kappa shape index (κ1) is 18.7. The maximum atomic E-state index is 14.4. The zero-order chi connectivity index (χ0) is 20.0. The summed E-state index contributed by atoms with van der Waals surface area (Å²) in [4.78, 5) is 34.4. The highest BCUT2D eigenvalue weighted by Gasteiger charge is 2.45. The number of nitrogens with zero attached hydrogens (tertiary/aromatic N) is 4. The van der Waals surface area contributed by atoms with E-state index >= 15 is 0 Å². The molecule has 0 radical (unpaired) electrons. The van der Waals surface area contributed by atoms with Gasteiger partial charge in [-0.25, -0.2) is 9.37 Å². The number of hydrogen-bond acceptors (Lipinski definition) is 5. The van der Waals surface area contributed by atoms with Gasteiger partial charge in [-0.2, -0.15) is 11.8 Å². The minimum absolute atomic E-state index is 0.0200. The zero-order valence-electron chi connectivity index (χ0n) is 16.0. The Hall–Kier alpha value is -2.35. The van der Waals surface area contributed by atoms with Crippen LogP contribution in [0.3, 0.4) is 0 Å². The van der Waals surface area contributed by atoms with E-state index in [1.807, 2.05) is 27.6 Å². The lowest BCUT2D eigenvalue weighted by Crippen LogP contribution is -2.55. The van der Waals surface area contributed by atoms with Gasteiger partial charge in [-0.3, -0.25) is 14.2 Å². The third-order valence-corrected chi connectivity index (χ3v) is 7.20. The van der Waals surface area contributed by atoms with Gasteiger partial charge in [0, 0.05) is 67.5 Å². The Labute approximate surface area is 172 Å². The smallest absolute Gasteiger partial charge is 0.251 e. The Balaban J connectivity index is 1.56. The molecule has 29 heavy (non-hydrogen) atoms. The number of hydrogen-bond donors (Lipinski definition) is 0. The van der Waals surface area contributed by atoms with Crippen molar-refractivity contribution in [2.24, 2.45) is 5.92 Å². The van der Waals surface area contributed by atoms with Gasteiger partial charge in [0.1, 0.15) is 6.04 Å². The number of anilines is 1. The molecule has 6 nitrogen and oxygen atoms in total. The number of carbonyl (C=O) groups excluding carboxylic acids is 1. The Morgan fingerprint density at radius 3 is 2.76 bits per heavy atom. The number of piperidine rings is 1. The normalized spacial score (nSPS) is 26.2. The molecule has 5 heterocycles. The third-order valence-electron chi connectivity index (χ3n) is 6.26. The number of fused-ring (bicyclic) bond motifs is 4. The topological polar surface area (TPSA) is 58.4 Å². The van der Waals surface area contributed by atoms with Crippen LogP contribution >= 0.6 is 11.8 Å². The van der Waals surface area contributed by atoms with Crippen molar-refractivity contribution in [2.45, 2.75) is 18.4 Å². The van der Waals surface area contributed by atoms with Crippen LogP contribution in [0.15, 0.2) is 41.3 Å².